The van der Waals surface area contributed by atoms with Gasteiger partial charge in [-0.3, -0.25) is 4.79 Å². The van der Waals surface area contributed by atoms with Crippen LogP contribution in [-0.2, 0) is 21.0 Å². The predicted octanol–water partition coefficient (Wildman–Crippen LogP) is 2.73. The smallest absolute Gasteiger partial charge is 0.188 e. The molecule has 0 spiro atoms. The Hall–Kier alpha value is -3.30. The molecule has 0 bridgehead atoms. The summed E-state index contributed by atoms with van der Waals surface area (Å²) in [6, 6.07) is 11.2. The first kappa shape index (κ1) is 20.4. The van der Waals surface area contributed by atoms with E-state index in [0.29, 0.717) is 36.2 Å². The average molecular weight is 400 g/mol. The van der Waals surface area contributed by atoms with Crippen molar-refractivity contribution < 1.29 is 23.0 Å². The molecule has 0 aliphatic rings. The highest BCUT2D eigenvalue weighted by molar-refractivity contribution is 6.19. The lowest BCUT2D eigenvalue weighted by molar-refractivity contribution is -0.103. The van der Waals surface area contributed by atoms with Crippen molar-refractivity contribution in [2.24, 2.45) is 0 Å². The molecule has 3 rings (SSSR count). The summed E-state index contributed by atoms with van der Waals surface area (Å²) in [6.07, 6.45) is 0.611. The number of benzene rings is 2. The van der Waals surface area contributed by atoms with Gasteiger partial charge >= 0.3 is 0 Å². The van der Waals surface area contributed by atoms with E-state index in [2.05, 4.69) is 15.5 Å². The molecular weight excluding hydrogens is 382 g/mol. The molecule has 1 aromatic heterocycles. The third kappa shape index (κ3) is 4.95. The number of hydrogen-bond acceptors (Lipinski definition) is 6. The number of carbonyl (C=O) groups is 1. The molecular formula is C20H18F2N4O3. The van der Waals surface area contributed by atoms with Gasteiger partial charge in [-0.25, -0.2) is 8.78 Å². The van der Waals surface area contributed by atoms with Gasteiger partial charge in [-0.15, -0.1) is 5.10 Å². The Balaban J connectivity index is 2.10. The third-order valence-corrected chi connectivity index (χ3v) is 4.07. The van der Waals surface area contributed by atoms with E-state index in [0.717, 1.165) is 0 Å². The minimum atomic E-state index is -0.420. The van der Waals surface area contributed by atoms with Crippen molar-refractivity contribution in [1.29, 1.82) is 0 Å². The minimum Gasteiger partial charge on any atom is -0.382 e. The second-order valence-corrected chi connectivity index (χ2v) is 5.95. The molecule has 0 amide bonds. The fraction of sp³-hybridized carbons (Fsp3) is 0.200. The maximum Gasteiger partial charge on any atom is 0.188 e. The van der Waals surface area contributed by atoms with E-state index in [-0.39, 0.29) is 18.1 Å². The lowest BCUT2D eigenvalue weighted by Crippen LogP contribution is -2.12. The summed E-state index contributed by atoms with van der Waals surface area (Å²) in [5, 5.41) is 11.4. The van der Waals surface area contributed by atoms with E-state index < -0.39 is 11.6 Å². The standard InChI is InChI=1S/C20H18F2N4O3/c1-28-10-11-29-13-26-20(23-24-25-26)18(12-27)19(14-2-6-16(21)7-3-14)15-4-8-17(22)9-5-15/h2-9,12H,10-11,13H2,1H3. The first-order valence-corrected chi connectivity index (χ1v) is 8.68. The summed E-state index contributed by atoms with van der Waals surface area (Å²) in [5.74, 6) is -0.673. The highest BCUT2D eigenvalue weighted by Gasteiger charge is 2.19. The van der Waals surface area contributed by atoms with Gasteiger partial charge in [0.25, 0.3) is 0 Å². The Labute approximate surface area is 165 Å². The fourth-order valence-corrected chi connectivity index (χ4v) is 2.71. The van der Waals surface area contributed by atoms with Crippen molar-refractivity contribution in [3.05, 3.63) is 77.1 Å². The van der Waals surface area contributed by atoms with Gasteiger partial charge < -0.3 is 9.47 Å². The average Bonchev–Trinajstić information content (AvgIpc) is 3.19. The Morgan fingerprint density at radius 3 is 2.10 bits per heavy atom. The largest absolute Gasteiger partial charge is 0.382 e. The van der Waals surface area contributed by atoms with Crippen LogP contribution in [0.1, 0.15) is 17.0 Å². The molecule has 0 radical (unpaired) electrons. The zero-order chi connectivity index (χ0) is 20.6. The van der Waals surface area contributed by atoms with E-state index in [4.69, 9.17) is 9.47 Å². The number of rotatable bonds is 9. The molecule has 7 nitrogen and oxygen atoms in total. The maximum atomic E-state index is 13.4. The van der Waals surface area contributed by atoms with Gasteiger partial charge in [0.05, 0.1) is 18.8 Å². The van der Waals surface area contributed by atoms with Crippen LogP contribution in [0.15, 0.2) is 48.5 Å². The molecule has 150 valence electrons. The number of halogens is 2. The Bertz CT molecular complexity index is 938. The summed E-state index contributed by atoms with van der Waals surface area (Å²) in [7, 11) is 1.55. The van der Waals surface area contributed by atoms with Crippen molar-refractivity contribution in [2.45, 2.75) is 6.73 Å². The third-order valence-electron chi connectivity index (χ3n) is 4.07. The second-order valence-electron chi connectivity index (χ2n) is 5.95. The van der Waals surface area contributed by atoms with Crippen LogP contribution >= 0.6 is 0 Å². The fourth-order valence-electron chi connectivity index (χ4n) is 2.71. The number of tetrazole rings is 1. The summed E-state index contributed by atoms with van der Waals surface area (Å²) in [6.45, 7) is 0.714. The number of aldehydes is 1. The molecule has 0 atom stereocenters. The zero-order valence-corrected chi connectivity index (χ0v) is 15.6. The zero-order valence-electron chi connectivity index (χ0n) is 15.6. The molecule has 0 aliphatic heterocycles. The number of ether oxygens (including phenoxy) is 2. The number of hydrogen-bond donors (Lipinski definition) is 0. The highest BCUT2D eigenvalue weighted by atomic mass is 19.1. The molecule has 29 heavy (non-hydrogen) atoms. The van der Waals surface area contributed by atoms with E-state index in [1.165, 1.54) is 53.2 Å². The lowest BCUT2D eigenvalue weighted by Gasteiger charge is -2.13. The highest BCUT2D eigenvalue weighted by Crippen LogP contribution is 2.30. The molecule has 0 unspecified atom stereocenters. The van der Waals surface area contributed by atoms with Crippen molar-refractivity contribution in [1.82, 2.24) is 20.2 Å². The molecule has 9 heteroatoms. The van der Waals surface area contributed by atoms with Gasteiger partial charge in [0.15, 0.2) is 12.1 Å². The molecule has 3 aromatic rings. The monoisotopic (exact) mass is 400 g/mol. The number of carbonyl (C=O) groups excluding carboxylic acids is 1. The molecule has 2 aromatic carbocycles. The van der Waals surface area contributed by atoms with Gasteiger partial charge in [0.2, 0.25) is 0 Å². The number of nitrogens with zero attached hydrogens (tertiary/aromatic N) is 4. The van der Waals surface area contributed by atoms with Crippen molar-refractivity contribution in [3.63, 3.8) is 0 Å². The van der Waals surface area contributed by atoms with Crippen molar-refractivity contribution >= 4 is 17.4 Å². The summed E-state index contributed by atoms with van der Waals surface area (Å²) >= 11 is 0. The van der Waals surface area contributed by atoms with Gasteiger partial charge in [0, 0.05) is 12.7 Å². The van der Waals surface area contributed by atoms with Gasteiger partial charge in [-0.2, -0.15) is 4.68 Å². The molecule has 0 fully saturated rings. The quantitative estimate of drug-likeness (QED) is 0.312. The number of methoxy groups -OCH3 is 1. The first-order chi connectivity index (χ1) is 14.1. The van der Waals surface area contributed by atoms with Crippen LogP contribution in [0.3, 0.4) is 0 Å². The summed E-state index contributed by atoms with van der Waals surface area (Å²) in [5.41, 5.74) is 1.70. The van der Waals surface area contributed by atoms with Crippen LogP contribution in [0, 0.1) is 11.6 Å². The SMILES string of the molecule is COCCOCn1nnnc1C(C=O)=C(c1ccc(F)cc1)c1ccc(F)cc1. The summed E-state index contributed by atoms with van der Waals surface area (Å²) in [4.78, 5) is 12.1. The molecule has 0 aliphatic carbocycles. The summed E-state index contributed by atoms with van der Waals surface area (Å²) < 4.78 is 38.5. The number of aromatic nitrogens is 4. The van der Waals surface area contributed by atoms with Crippen molar-refractivity contribution in [3.8, 4) is 0 Å². The van der Waals surface area contributed by atoms with E-state index in [1.54, 1.807) is 7.11 Å². The van der Waals surface area contributed by atoms with E-state index in [9.17, 15) is 13.6 Å². The minimum absolute atomic E-state index is 0.00312. The van der Waals surface area contributed by atoms with Gasteiger partial charge in [-0.05, 0) is 45.8 Å². The number of allylic oxidation sites excluding steroid dienone is 1. The molecule has 0 N–H and O–H groups in total. The Morgan fingerprint density at radius 2 is 1.59 bits per heavy atom. The predicted molar refractivity (Wildman–Crippen MR) is 100 cm³/mol. The Kier molecular flexibility index (Phi) is 6.88. The van der Waals surface area contributed by atoms with Crippen LogP contribution < -0.4 is 0 Å². The first-order valence-electron chi connectivity index (χ1n) is 8.68. The molecule has 1 heterocycles. The van der Waals surface area contributed by atoms with E-state index >= 15 is 0 Å². The van der Waals surface area contributed by atoms with Crippen LogP contribution in [0.25, 0.3) is 11.1 Å². The lowest BCUT2D eigenvalue weighted by atomic mass is 9.93. The Morgan fingerprint density at radius 1 is 1.00 bits per heavy atom. The normalized spacial score (nSPS) is 10.7. The van der Waals surface area contributed by atoms with Gasteiger partial charge in [0.1, 0.15) is 18.4 Å². The van der Waals surface area contributed by atoms with Crippen molar-refractivity contribution in [2.75, 3.05) is 20.3 Å². The van der Waals surface area contributed by atoms with Crippen LogP contribution in [0.5, 0.6) is 0 Å². The van der Waals surface area contributed by atoms with Crippen LogP contribution in [0.2, 0.25) is 0 Å². The topological polar surface area (TPSA) is 79.1 Å². The molecule has 0 saturated heterocycles. The van der Waals surface area contributed by atoms with Gasteiger partial charge in [-0.1, -0.05) is 24.3 Å². The van der Waals surface area contributed by atoms with E-state index in [1.807, 2.05) is 0 Å². The van der Waals surface area contributed by atoms with Crippen LogP contribution in [0.4, 0.5) is 8.78 Å². The second kappa shape index (κ2) is 9.76. The maximum absolute atomic E-state index is 13.4. The van der Waals surface area contributed by atoms with Crippen LogP contribution in [-0.4, -0.2) is 46.8 Å². The molecule has 0 saturated carbocycles.